The minimum absolute atomic E-state index is 0.218. The number of nitrogens with zero attached hydrogens (tertiary/aromatic N) is 2. The Kier molecular flexibility index (Phi) is 2.96. The molecule has 3 fully saturated rings. The topological polar surface area (TPSA) is 44.8 Å². The number of nitrogens with one attached hydrogen (secondary N) is 1. The Morgan fingerprint density at radius 2 is 2.06 bits per heavy atom. The van der Waals surface area contributed by atoms with Crippen molar-refractivity contribution in [2.24, 2.45) is 11.8 Å². The summed E-state index contributed by atoms with van der Waals surface area (Å²) in [5, 5.41) is 3.42. The number of hydrogen-bond donors (Lipinski definition) is 1. The van der Waals surface area contributed by atoms with E-state index in [0.717, 1.165) is 32.7 Å². The van der Waals surface area contributed by atoms with Gasteiger partial charge in [0.05, 0.1) is 13.2 Å². The van der Waals surface area contributed by atoms with Crippen LogP contribution in [0.3, 0.4) is 0 Å². The Bertz CT molecular complexity index is 304. The molecule has 0 aliphatic carbocycles. The van der Waals surface area contributed by atoms with E-state index in [0.29, 0.717) is 31.1 Å². The van der Waals surface area contributed by atoms with Gasteiger partial charge in [0.1, 0.15) is 0 Å². The Morgan fingerprint density at radius 1 is 1.29 bits per heavy atom. The number of hydrogen-bond acceptors (Lipinski definition) is 3. The number of urea groups is 1. The number of morpholine rings is 1. The van der Waals surface area contributed by atoms with Crippen molar-refractivity contribution < 1.29 is 9.53 Å². The Morgan fingerprint density at radius 3 is 2.76 bits per heavy atom. The van der Waals surface area contributed by atoms with Crippen LogP contribution >= 0.6 is 0 Å². The van der Waals surface area contributed by atoms with Gasteiger partial charge in [-0.3, -0.25) is 0 Å². The van der Waals surface area contributed by atoms with Crippen LogP contribution in [0.5, 0.6) is 0 Å². The molecular formula is C12H21N3O2. The SMILES string of the molecule is CC1C2CNCC2CN1C(=O)N1CCOCC1. The second-order valence-electron chi connectivity index (χ2n) is 5.36. The summed E-state index contributed by atoms with van der Waals surface area (Å²) >= 11 is 0. The molecule has 0 radical (unpaired) electrons. The molecule has 3 unspecified atom stereocenters. The third-order valence-corrected chi connectivity index (χ3v) is 4.46. The van der Waals surface area contributed by atoms with Gasteiger partial charge in [-0.05, 0) is 18.8 Å². The summed E-state index contributed by atoms with van der Waals surface area (Å²) < 4.78 is 5.29. The van der Waals surface area contributed by atoms with Crippen LogP contribution < -0.4 is 5.32 Å². The minimum atomic E-state index is 0.218. The summed E-state index contributed by atoms with van der Waals surface area (Å²) in [5.74, 6) is 1.31. The van der Waals surface area contributed by atoms with E-state index in [9.17, 15) is 4.79 Å². The van der Waals surface area contributed by atoms with Crippen LogP contribution in [-0.2, 0) is 4.74 Å². The Balaban J connectivity index is 1.66. The summed E-state index contributed by atoms with van der Waals surface area (Å²) in [4.78, 5) is 16.4. The van der Waals surface area contributed by atoms with Crippen molar-refractivity contribution in [3.05, 3.63) is 0 Å². The fourth-order valence-corrected chi connectivity index (χ4v) is 3.36. The van der Waals surface area contributed by atoms with E-state index in [4.69, 9.17) is 4.74 Å². The summed E-state index contributed by atoms with van der Waals surface area (Å²) in [6.45, 7) is 8.11. The molecule has 3 heterocycles. The zero-order valence-corrected chi connectivity index (χ0v) is 10.4. The lowest BCUT2D eigenvalue weighted by Gasteiger charge is -2.33. The van der Waals surface area contributed by atoms with Gasteiger partial charge in [0.2, 0.25) is 0 Å². The van der Waals surface area contributed by atoms with Crippen molar-refractivity contribution in [3.63, 3.8) is 0 Å². The molecule has 3 saturated heterocycles. The Hall–Kier alpha value is -0.810. The normalized spacial score (nSPS) is 37.4. The number of rotatable bonds is 0. The number of ether oxygens (including phenoxy) is 1. The Labute approximate surface area is 102 Å². The van der Waals surface area contributed by atoms with Crippen LogP contribution in [0.2, 0.25) is 0 Å². The standard InChI is InChI=1S/C12H21N3O2/c1-9-11-7-13-6-10(11)8-15(9)12(16)14-2-4-17-5-3-14/h9-11,13H,2-8H2,1H3. The van der Waals surface area contributed by atoms with Gasteiger partial charge in [0.15, 0.2) is 0 Å². The zero-order valence-electron chi connectivity index (χ0n) is 10.4. The van der Waals surface area contributed by atoms with Crippen LogP contribution in [-0.4, -0.2) is 67.8 Å². The molecule has 0 aromatic carbocycles. The molecule has 17 heavy (non-hydrogen) atoms. The number of amides is 2. The number of carbonyl (C=O) groups is 1. The van der Waals surface area contributed by atoms with Gasteiger partial charge < -0.3 is 19.9 Å². The van der Waals surface area contributed by atoms with E-state index in [1.165, 1.54) is 0 Å². The van der Waals surface area contributed by atoms with Crippen molar-refractivity contribution in [1.82, 2.24) is 15.1 Å². The fourth-order valence-electron chi connectivity index (χ4n) is 3.36. The fraction of sp³-hybridized carbons (Fsp3) is 0.917. The maximum Gasteiger partial charge on any atom is 0.320 e. The minimum Gasteiger partial charge on any atom is -0.378 e. The molecule has 5 nitrogen and oxygen atoms in total. The van der Waals surface area contributed by atoms with Gasteiger partial charge in [-0.1, -0.05) is 0 Å². The molecule has 0 saturated carbocycles. The molecule has 1 N–H and O–H groups in total. The largest absolute Gasteiger partial charge is 0.378 e. The molecule has 2 amide bonds. The lowest BCUT2D eigenvalue weighted by atomic mass is 9.95. The molecule has 0 spiro atoms. The maximum atomic E-state index is 12.4. The number of likely N-dealkylation sites (tertiary alicyclic amines) is 1. The van der Waals surface area contributed by atoms with Gasteiger partial charge in [0.25, 0.3) is 0 Å². The molecule has 0 aromatic heterocycles. The highest BCUT2D eigenvalue weighted by Crippen LogP contribution is 2.32. The number of carbonyl (C=O) groups excluding carboxylic acids is 1. The molecule has 96 valence electrons. The van der Waals surface area contributed by atoms with Crippen LogP contribution in [0, 0.1) is 11.8 Å². The van der Waals surface area contributed by atoms with Crippen LogP contribution in [0.4, 0.5) is 4.79 Å². The van der Waals surface area contributed by atoms with E-state index in [2.05, 4.69) is 17.1 Å². The van der Waals surface area contributed by atoms with E-state index >= 15 is 0 Å². The maximum absolute atomic E-state index is 12.4. The first-order valence-corrected chi connectivity index (χ1v) is 6.61. The van der Waals surface area contributed by atoms with Crippen molar-refractivity contribution in [2.45, 2.75) is 13.0 Å². The average Bonchev–Trinajstić information content (AvgIpc) is 2.93. The van der Waals surface area contributed by atoms with Gasteiger partial charge in [-0.2, -0.15) is 0 Å². The van der Waals surface area contributed by atoms with Crippen LogP contribution in [0.1, 0.15) is 6.92 Å². The molecule has 5 heteroatoms. The van der Waals surface area contributed by atoms with Gasteiger partial charge in [-0.15, -0.1) is 0 Å². The third kappa shape index (κ3) is 1.91. The van der Waals surface area contributed by atoms with Gasteiger partial charge >= 0.3 is 6.03 Å². The highest BCUT2D eigenvalue weighted by Gasteiger charge is 2.44. The van der Waals surface area contributed by atoms with Crippen molar-refractivity contribution in [1.29, 1.82) is 0 Å². The summed E-state index contributed by atoms with van der Waals surface area (Å²) in [6.07, 6.45) is 0. The summed E-state index contributed by atoms with van der Waals surface area (Å²) in [6, 6.07) is 0.598. The van der Waals surface area contributed by atoms with Crippen molar-refractivity contribution in [2.75, 3.05) is 45.9 Å². The smallest absolute Gasteiger partial charge is 0.320 e. The predicted molar refractivity (Wildman–Crippen MR) is 63.8 cm³/mol. The van der Waals surface area contributed by atoms with Crippen LogP contribution in [0.25, 0.3) is 0 Å². The first-order chi connectivity index (χ1) is 8.27. The van der Waals surface area contributed by atoms with E-state index in [1.807, 2.05) is 4.90 Å². The summed E-state index contributed by atoms with van der Waals surface area (Å²) in [7, 11) is 0. The van der Waals surface area contributed by atoms with E-state index in [-0.39, 0.29) is 6.03 Å². The van der Waals surface area contributed by atoms with Crippen molar-refractivity contribution in [3.8, 4) is 0 Å². The third-order valence-electron chi connectivity index (χ3n) is 4.46. The van der Waals surface area contributed by atoms with Gasteiger partial charge in [0, 0.05) is 38.8 Å². The molecule has 3 atom stereocenters. The molecule has 3 rings (SSSR count). The van der Waals surface area contributed by atoms with E-state index < -0.39 is 0 Å². The second-order valence-corrected chi connectivity index (χ2v) is 5.36. The second kappa shape index (κ2) is 4.46. The molecule has 0 bridgehead atoms. The first-order valence-electron chi connectivity index (χ1n) is 6.61. The van der Waals surface area contributed by atoms with E-state index in [1.54, 1.807) is 0 Å². The molecule has 3 aliphatic heterocycles. The van der Waals surface area contributed by atoms with Crippen LogP contribution in [0.15, 0.2) is 0 Å². The molecular weight excluding hydrogens is 218 g/mol. The highest BCUT2D eigenvalue weighted by molar-refractivity contribution is 5.75. The monoisotopic (exact) mass is 239 g/mol. The lowest BCUT2D eigenvalue weighted by molar-refractivity contribution is 0.0418. The summed E-state index contributed by atoms with van der Waals surface area (Å²) in [5.41, 5.74) is 0. The molecule has 3 aliphatic rings. The first kappa shape index (κ1) is 11.3. The molecule has 0 aromatic rings. The number of fused-ring (bicyclic) bond motifs is 1. The average molecular weight is 239 g/mol. The highest BCUT2D eigenvalue weighted by atomic mass is 16.5. The zero-order chi connectivity index (χ0) is 11.8. The quantitative estimate of drug-likeness (QED) is 0.646. The predicted octanol–water partition coefficient (Wildman–Crippen LogP) is -0.0217. The lowest BCUT2D eigenvalue weighted by Crippen LogP contribution is -2.50. The van der Waals surface area contributed by atoms with Gasteiger partial charge in [-0.25, -0.2) is 4.79 Å². The van der Waals surface area contributed by atoms with Crippen molar-refractivity contribution >= 4 is 6.03 Å².